The van der Waals surface area contributed by atoms with Gasteiger partial charge in [-0.2, -0.15) is 5.10 Å². The number of nitrogens with zero attached hydrogens (tertiary/aromatic N) is 2. The normalized spacial score (nSPS) is 10.7. The van der Waals surface area contributed by atoms with Crippen molar-refractivity contribution in [2.24, 2.45) is 0 Å². The van der Waals surface area contributed by atoms with Crippen LogP contribution in [0.15, 0.2) is 54.6 Å². The molecule has 0 radical (unpaired) electrons. The molecule has 0 saturated carbocycles. The SMILES string of the molecule is CCOC(=O)c1cc(-c2ccc(C)cc2)n(Cc2ccc(Cl)cc2)n1. The fourth-order valence-corrected chi connectivity index (χ4v) is 2.69. The Morgan fingerprint density at radius 2 is 1.80 bits per heavy atom. The molecule has 0 unspecified atom stereocenters. The molecule has 25 heavy (non-hydrogen) atoms. The first-order chi connectivity index (χ1) is 12.1. The summed E-state index contributed by atoms with van der Waals surface area (Å²) >= 11 is 5.95. The molecule has 4 nitrogen and oxygen atoms in total. The van der Waals surface area contributed by atoms with Crippen LogP contribution in [0.2, 0.25) is 5.02 Å². The molecule has 0 aliphatic carbocycles. The largest absolute Gasteiger partial charge is 0.461 e. The van der Waals surface area contributed by atoms with E-state index in [0.717, 1.165) is 16.8 Å². The molecule has 0 saturated heterocycles. The standard InChI is InChI=1S/C20H19ClN2O2/c1-3-25-20(24)18-12-19(16-8-4-14(2)5-9-16)23(22-18)13-15-6-10-17(21)11-7-15/h4-12H,3,13H2,1-2H3. The first kappa shape index (κ1) is 17.2. The van der Waals surface area contributed by atoms with Crippen molar-refractivity contribution in [2.75, 3.05) is 6.61 Å². The topological polar surface area (TPSA) is 44.1 Å². The number of carbonyl (C=O) groups is 1. The zero-order chi connectivity index (χ0) is 17.8. The highest BCUT2D eigenvalue weighted by Gasteiger charge is 2.16. The lowest BCUT2D eigenvalue weighted by Gasteiger charge is -2.08. The van der Waals surface area contributed by atoms with Crippen LogP contribution in [0.3, 0.4) is 0 Å². The highest BCUT2D eigenvalue weighted by Crippen LogP contribution is 2.23. The quantitative estimate of drug-likeness (QED) is 0.622. The van der Waals surface area contributed by atoms with Gasteiger partial charge in [-0.15, -0.1) is 0 Å². The first-order valence-corrected chi connectivity index (χ1v) is 8.51. The molecule has 3 rings (SSSR count). The van der Waals surface area contributed by atoms with E-state index >= 15 is 0 Å². The lowest BCUT2D eigenvalue weighted by molar-refractivity contribution is 0.0518. The molecule has 3 aromatic rings. The van der Waals surface area contributed by atoms with Crippen molar-refractivity contribution < 1.29 is 9.53 Å². The van der Waals surface area contributed by atoms with Gasteiger partial charge in [0, 0.05) is 5.02 Å². The number of esters is 1. The van der Waals surface area contributed by atoms with E-state index < -0.39 is 5.97 Å². The number of carbonyl (C=O) groups excluding carboxylic acids is 1. The predicted molar refractivity (Wildman–Crippen MR) is 98.9 cm³/mol. The highest BCUT2D eigenvalue weighted by atomic mass is 35.5. The third-order valence-corrected chi connectivity index (χ3v) is 4.11. The van der Waals surface area contributed by atoms with Crippen molar-refractivity contribution >= 4 is 17.6 Å². The Hall–Kier alpha value is -2.59. The lowest BCUT2D eigenvalue weighted by atomic mass is 10.1. The average molecular weight is 355 g/mol. The van der Waals surface area contributed by atoms with Crippen molar-refractivity contribution in [1.29, 1.82) is 0 Å². The van der Waals surface area contributed by atoms with Gasteiger partial charge in [0.1, 0.15) is 0 Å². The minimum atomic E-state index is -0.411. The van der Waals surface area contributed by atoms with Gasteiger partial charge in [-0.3, -0.25) is 4.68 Å². The van der Waals surface area contributed by atoms with Crippen molar-refractivity contribution in [2.45, 2.75) is 20.4 Å². The second kappa shape index (κ2) is 7.53. The zero-order valence-corrected chi connectivity index (χ0v) is 15.0. The lowest BCUT2D eigenvalue weighted by Crippen LogP contribution is -2.08. The van der Waals surface area contributed by atoms with Gasteiger partial charge >= 0.3 is 5.97 Å². The Bertz CT molecular complexity index is 868. The molecule has 5 heteroatoms. The second-order valence-electron chi connectivity index (χ2n) is 5.79. The van der Waals surface area contributed by atoms with E-state index in [1.165, 1.54) is 5.56 Å². The van der Waals surface area contributed by atoms with Crippen LogP contribution in [0, 0.1) is 6.92 Å². The minimum Gasteiger partial charge on any atom is -0.461 e. The third-order valence-electron chi connectivity index (χ3n) is 3.86. The van der Waals surface area contributed by atoms with Gasteiger partial charge in [-0.1, -0.05) is 53.6 Å². The third kappa shape index (κ3) is 4.09. The van der Waals surface area contributed by atoms with Gasteiger partial charge in [-0.25, -0.2) is 4.79 Å². The Balaban J connectivity index is 2.00. The maximum absolute atomic E-state index is 12.1. The van der Waals surface area contributed by atoms with Crippen molar-refractivity contribution in [3.63, 3.8) is 0 Å². The summed E-state index contributed by atoms with van der Waals surface area (Å²) < 4.78 is 6.90. The Labute approximate surface area is 152 Å². The van der Waals surface area contributed by atoms with Crippen molar-refractivity contribution in [3.05, 3.63) is 76.4 Å². The van der Waals surface area contributed by atoms with E-state index in [4.69, 9.17) is 16.3 Å². The smallest absolute Gasteiger partial charge is 0.358 e. The number of aryl methyl sites for hydroxylation is 1. The average Bonchev–Trinajstić information content (AvgIpc) is 3.02. The molecule has 1 heterocycles. The molecule has 2 aromatic carbocycles. The van der Waals surface area contributed by atoms with Crippen LogP contribution in [0.5, 0.6) is 0 Å². The maximum atomic E-state index is 12.1. The second-order valence-corrected chi connectivity index (χ2v) is 6.22. The number of halogens is 1. The Morgan fingerprint density at radius 3 is 2.44 bits per heavy atom. The van der Waals surface area contributed by atoms with Crippen LogP contribution in [-0.2, 0) is 11.3 Å². The van der Waals surface area contributed by atoms with Crippen molar-refractivity contribution in [3.8, 4) is 11.3 Å². The fraction of sp³-hybridized carbons (Fsp3) is 0.200. The van der Waals surface area contributed by atoms with Gasteiger partial charge < -0.3 is 4.74 Å². The number of rotatable bonds is 5. The van der Waals surface area contributed by atoms with Crippen LogP contribution >= 0.6 is 11.6 Å². The molecule has 0 amide bonds. The predicted octanol–water partition coefficient (Wildman–Crippen LogP) is 4.74. The van der Waals surface area contributed by atoms with E-state index in [2.05, 4.69) is 5.10 Å². The number of hydrogen-bond donors (Lipinski definition) is 0. The first-order valence-electron chi connectivity index (χ1n) is 8.13. The summed E-state index contributed by atoms with van der Waals surface area (Å²) in [5.74, 6) is -0.411. The molecule has 0 aliphatic heterocycles. The van der Waals surface area contributed by atoms with Crippen LogP contribution in [0.25, 0.3) is 11.3 Å². The zero-order valence-electron chi connectivity index (χ0n) is 14.2. The molecular formula is C20H19ClN2O2. The van der Waals surface area contributed by atoms with Crippen LogP contribution in [-0.4, -0.2) is 22.4 Å². The molecular weight excluding hydrogens is 336 g/mol. The van der Waals surface area contributed by atoms with E-state index in [-0.39, 0.29) is 0 Å². The number of aromatic nitrogens is 2. The van der Waals surface area contributed by atoms with Gasteiger partial charge in [-0.05, 0) is 43.2 Å². The van der Waals surface area contributed by atoms with E-state index in [9.17, 15) is 4.79 Å². The molecule has 0 bridgehead atoms. The Morgan fingerprint density at radius 1 is 1.12 bits per heavy atom. The summed E-state index contributed by atoms with van der Waals surface area (Å²) in [7, 11) is 0. The molecule has 128 valence electrons. The molecule has 0 fully saturated rings. The van der Waals surface area contributed by atoms with Gasteiger partial charge in [0.15, 0.2) is 5.69 Å². The molecule has 1 aromatic heterocycles. The van der Waals surface area contributed by atoms with Crippen LogP contribution < -0.4 is 0 Å². The van der Waals surface area contributed by atoms with Gasteiger partial charge in [0.2, 0.25) is 0 Å². The summed E-state index contributed by atoms with van der Waals surface area (Å²) in [6.07, 6.45) is 0. The highest BCUT2D eigenvalue weighted by molar-refractivity contribution is 6.30. The van der Waals surface area contributed by atoms with E-state index in [1.807, 2.05) is 60.1 Å². The monoisotopic (exact) mass is 354 g/mol. The molecule has 0 aliphatic rings. The summed E-state index contributed by atoms with van der Waals surface area (Å²) in [4.78, 5) is 12.1. The fourth-order valence-electron chi connectivity index (χ4n) is 2.56. The van der Waals surface area contributed by atoms with E-state index in [1.54, 1.807) is 13.0 Å². The molecule has 0 atom stereocenters. The summed E-state index contributed by atoms with van der Waals surface area (Å²) in [5.41, 5.74) is 4.42. The summed E-state index contributed by atoms with van der Waals surface area (Å²) in [6.45, 7) is 4.69. The van der Waals surface area contributed by atoms with E-state index in [0.29, 0.717) is 23.9 Å². The molecule has 0 N–H and O–H groups in total. The van der Waals surface area contributed by atoms with Gasteiger partial charge in [0.25, 0.3) is 0 Å². The molecule has 0 spiro atoms. The summed E-state index contributed by atoms with van der Waals surface area (Å²) in [6, 6.07) is 17.5. The number of ether oxygens (including phenoxy) is 1. The van der Waals surface area contributed by atoms with Crippen molar-refractivity contribution in [1.82, 2.24) is 9.78 Å². The van der Waals surface area contributed by atoms with Gasteiger partial charge in [0.05, 0.1) is 18.8 Å². The van der Waals surface area contributed by atoms with Crippen LogP contribution in [0.4, 0.5) is 0 Å². The maximum Gasteiger partial charge on any atom is 0.358 e. The number of benzene rings is 2. The van der Waals surface area contributed by atoms with Crippen LogP contribution in [0.1, 0.15) is 28.5 Å². The Kier molecular flexibility index (Phi) is 5.19. The minimum absolute atomic E-state index is 0.311. The number of hydrogen-bond acceptors (Lipinski definition) is 3. The summed E-state index contributed by atoms with van der Waals surface area (Å²) in [5, 5.41) is 5.14.